The Morgan fingerprint density at radius 3 is 2.43 bits per heavy atom. The zero-order chi connectivity index (χ0) is 14.6. The first-order valence-electron chi connectivity index (χ1n) is 9.77. The SMILES string of the molecule is O.OC12OC34CCCCC3CC13CCC2CC1CCCC[C@]13O4. The molecule has 4 aliphatic carbocycles. The van der Waals surface area contributed by atoms with Crippen LogP contribution in [0.4, 0.5) is 0 Å². The van der Waals surface area contributed by atoms with Gasteiger partial charge in [0, 0.05) is 18.3 Å². The average molecular weight is 322 g/mol. The third-order valence-electron chi connectivity index (χ3n) is 8.78. The molecule has 5 bridgehead atoms. The fourth-order valence-corrected chi connectivity index (χ4v) is 8.04. The van der Waals surface area contributed by atoms with E-state index >= 15 is 0 Å². The van der Waals surface area contributed by atoms with Crippen LogP contribution in [0.25, 0.3) is 0 Å². The van der Waals surface area contributed by atoms with Gasteiger partial charge in [0.15, 0.2) is 11.6 Å². The molecule has 7 rings (SSSR count). The lowest BCUT2D eigenvalue weighted by Crippen LogP contribution is -2.82. The smallest absolute Gasteiger partial charge is 0.180 e. The van der Waals surface area contributed by atoms with Gasteiger partial charge in [0.05, 0.1) is 11.0 Å². The molecule has 0 radical (unpaired) electrons. The summed E-state index contributed by atoms with van der Waals surface area (Å²) in [4.78, 5) is 0. The van der Waals surface area contributed by atoms with Gasteiger partial charge in [-0.25, -0.2) is 0 Å². The molecule has 0 aromatic carbocycles. The van der Waals surface area contributed by atoms with Crippen molar-refractivity contribution >= 4 is 0 Å². The number of hydrogen-bond acceptors (Lipinski definition) is 3. The Morgan fingerprint density at radius 1 is 0.783 bits per heavy atom. The summed E-state index contributed by atoms with van der Waals surface area (Å²) in [7, 11) is 0. The van der Waals surface area contributed by atoms with Crippen molar-refractivity contribution in [1.82, 2.24) is 0 Å². The van der Waals surface area contributed by atoms with Gasteiger partial charge in [-0.1, -0.05) is 19.3 Å². The molecule has 23 heavy (non-hydrogen) atoms. The second-order valence-electron chi connectivity index (χ2n) is 9.24. The highest BCUT2D eigenvalue weighted by molar-refractivity contribution is 5.27. The quantitative estimate of drug-likeness (QED) is 0.745. The fraction of sp³-hybridized carbons (Fsp3) is 1.00. The summed E-state index contributed by atoms with van der Waals surface area (Å²) in [5.41, 5.74) is -0.142. The van der Waals surface area contributed by atoms with E-state index in [1.54, 1.807) is 0 Å². The van der Waals surface area contributed by atoms with E-state index in [1.165, 1.54) is 51.4 Å². The highest BCUT2D eigenvalue weighted by atomic mass is 16.8. The molecule has 4 saturated carbocycles. The molecule has 3 N–H and O–H groups in total. The predicted molar refractivity (Wildman–Crippen MR) is 84.5 cm³/mol. The van der Waals surface area contributed by atoms with E-state index < -0.39 is 11.6 Å². The minimum Gasteiger partial charge on any atom is -0.412 e. The van der Waals surface area contributed by atoms with Crippen LogP contribution in [0.1, 0.15) is 77.0 Å². The van der Waals surface area contributed by atoms with Crippen molar-refractivity contribution in [2.24, 2.45) is 23.2 Å². The Hall–Kier alpha value is -0.160. The highest BCUT2D eigenvalue weighted by Gasteiger charge is 2.84. The molecule has 3 spiro atoms. The van der Waals surface area contributed by atoms with Crippen LogP contribution in [0, 0.1) is 23.2 Å². The first-order chi connectivity index (χ1) is 10.6. The van der Waals surface area contributed by atoms with Crippen LogP contribution in [-0.2, 0) is 9.47 Å². The van der Waals surface area contributed by atoms with E-state index in [2.05, 4.69) is 0 Å². The Labute approximate surface area is 138 Å². The van der Waals surface area contributed by atoms with Gasteiger partial charge in [-0.3, -0.25) is 0 Å². The van der Waals surface area contributed by atoms with Crippen molar-refractivity contribution in [1.29, 1.82) is 0 Å². The van der Waals surface area contributed by atoms with Gasteiger partial charge < -0.3 is 20.1 Å². The summed E-state index contributed by atoms with van der Waals surface area (Å²) in [5.74, 6) is 0.275. The predicted octanol–water partition coefficient (Wildman–Crippen LogP) is 2.92. The van der Waals surface area contributed by atoms with Crippen molar-refractivity contribution in [3.8, 4) is 0 Å². The van der Waals surface area contributed by atoms with Crippen LogP contribution in [0.2, 0.25) is 0 Å². The van der Waals surface area contributed by atoms with Gasteiger partial charge in [-0.05, 0) is 57.3 Å². The van der Waals surface area contributed by atoms with Crippen molar-refractivity contribution in [2.45, 2.75) is 94.2 Å². The van der Waals surface area contributed by atoms with Crippen LogP contribution in [0.5, 0.6) is 0 Å². The molecule has 0 aromatic heterocycles. The summed E-state index contributed by atoms with van der Waals surface area (Å²) in [6.45, 7) is 0. The molecule has 4 nitrogen and oxygen atoms in total. The summed E-state index contributed by atoms with van der Waals surface area (Å²) in [5, 5.41) is 11.7. The molecule has 4 heteroatoms. The van der Waals surface area contributed by atoms with Crippen LogP contribution in [-0.4, -0.2) is 27.8 Å². The molecule has 7 atom stereocenters. The lowest BCUT2D eigenvalue weighted by Gasteiger charge is -2.75. The van der Waals surface area contributed by atoms with Crippen molar-refractivity contribution in [2.75, 3.05) is 0 Å². The lowest BCUT2D eigenvalue weighted by molar-refractivity contribution is -0.548. The largest absolute Gasteiger partial charge is 0.412 e. The van der Waals surface area contributed by atoms with E-state index in [0.29, 0.717) is 17.8 Å². The first-order valence-corrected chi connectivity index (χ1v) is 9.77. The topological polar surface area (TPSA) is 70.2 Å². The Morgan fingerprint density at radius 2 is 1.57 bits per heavy atom. The molecule has 3 heterocycles. The Kier molecular flexibility index (Phi) is 2.84. The van der Waals surface area contributed by atoms with Gasteiger partial charge in [0.2, 0.25) is 0 Å². The summed E-state index contributed by atoms with van der Waals surface area (Å²) < 4.78 is 13.6. The molecule has 0 aromatic rings. The zero-order valence-corrected chi connectivity index (χ0v) is 14.0. The summed E-state index contributed by atoms with van der Waals surface area (Å²) in [6, 6.07) is 0. The van der Waals surface area contributed by atoms with Gasteiger partial charge in [0.1, 0.15) is 0 Å². The van der Waals surface area contributed by atoms with Crippen LogP contribution < -0.4 is 0 Å². The van der Waals surface area contributed by atoms with Crippen LogP contribution in [0.3, 0.4) is 0 Å². The van der Waals surface area contributed by atoms with Gasteiger partial charge >= 0.3 is 0 Å². The summed E-state index contributed by atoms with van der Waals surface area (Å²) >= 11 is 0. The van der Waals surface area contributed by atoms with E-state index in [-0.39, 0.29) is 16.5 Å². The van der Waals surface area contributed by atoms with E-state index in [0.717, 1.165) is 25.7 Å². The maximum absolute atomic E-state index is 11.7. The minimum absolute atomic E-state index is 0. The molecule has 3 aliphatic heterocycles. The molecule has 3 saturated heterocycles. The average Bonchev–Trinajstić information content (AvgIpc) is 2.70. The molecule has 7 fully saturated rings. The Bertz CT molecular complexity index is 537. The van der Waals surface area contributed by atoms with Crippen LogP contribution >= 0.6 is 0 Å². The van der Waals surface area contributed by atoms with Crippen molar-refractivity contribution in [3.63, 3.8) is 0 Å². The normalized spacial score (nSPS) is 62.2. The van der Waals surface area contributed by atoms with E-state index in [4.69, 9.17) is 9.47 Å². The minimum atomic E-state index is -0.868. The van der Waals surface area contributed by atoms with E-state index in [1.807, 2.05) is 0 Å². The molecule has 0 amide bonds. The fourth-order valence-electron chi connectivity index (χ4n) is 8.04. The van der Waals surface area contributed by atoms with Crippen molar-refractivity contribution < 1.29 is 20.1 Å². The highest BCUT2D eigenvalue weighted by Crippen LogP contribution is 2.78. The third kappa shape index (κ3) is 1.38. The maximum atomic E-state index is 11.7. The molecule has 130 valence electrons. The number of ether oxygens (including phenoxy) is 2. The van der Waals surface area contributed by atoms with E-state index in [9.17, 15) is 5.11 Å². The molecular weight excluding hydrogens is 292 g/mol. The Balaban J connectivity index is 0.00000121. The monoisotopic (exact) mass is 322 g/mol. The van der Waals surface area contributed by atoms with Gasteiger partial charge in [0.25, 0.3) is 0 Å². The standard InChI is InChI=1S/C19H28O3.H2O/c20-19-14-7-10-16(19)12-15-6-2-4-9-18(15,22-19)21-17(16)8-3-1-5-13(17)11-14;/h13-15,20H,1-12H2;1H2/t13?,14?,15?,16?,17-,18?,19?;/m0./s1. The number of aliphatic hydroxyl groups is 1. The maximum Gasteiger partial charge on any atom is 0.180 e. The third-order valence-corrected chi connectivity index (χ3v) is 8.78. The van der Waals surface area contributed by atoms with Gasteiger partial charge in [-0.2, -0.15) is 0 Å². The molecule has 6 unspecified atom stereocenters. The number of rotatable bonds is 0. The van der Waals surface area contributed by atoms with Crippen LogP contribution in [0.15, 0.2) is 0 Å². The van der Waals surface area contributed by atoms with Crippen molar-refractivity contribution in [3.05, 3.63) is 0 Å². The molecular formula is C19H30O4. The number of hydrogen-bond donors (Lipinski definition) is 1. The lowest BCUT2D eigenvalue weighted by atomic mass is 9.46. The summed E-state index contributed by atoms with van der Waals surface area (Å²) in [6.07, 6.45) is 14.5. The zero-order valence-electron chi connectivity index (χ0n) is 14.0. The van der Waals surface area contributed by atoms with Gasteiger partial charge in [-0.15, -0.1) is 0 Å². The first kappa shape index (κ1) is 15.1. The second-order valence-corrected chi connectivity index (χ2v) is 9.24. The molecule has 7 aliphatic rings. The second kappa shape index (κ2) is 4.32.